The summed E-state index contributed by atoms with van der Waals surface area (Å²) in [4.78, 5) is 24.8. The van der Waals surface area contributed by atoms with Gasteiger partial charge in [-0.3, -0.25) is 14.7 Å². The summed E-state index contributed by atoms with van der Waals surface area (Å²) in [7, 11) is 0. The molecule has 1 amide bonds. The monoisotopic (exact) mass is 431 g/mol. The van der Waals surface area contributed by atoms with Crippen LogP contribution < -0.4 is 10.6 Å². The van der Waals surface area contributed by atoms with Gasteiger partial charge in [-0.2, -0.15) is 0 Å². The SMILES string of the molecule is CCC(CC)n1cnnc1-c1cccc(N2Cc3c(cc(C4(C)CC4)nc3CN)C2=O)n1. The van der Waals surface area contributed by atoms with Gasteiger partial charge in [0, 0.05) is 34.8 Å². The fourth-order valence-electron chi connectivity index (χ4n) is 4.55. The van der Waals surface area contributed by atoms with E-state index < -0.39 is 0 Å². The fourth-order valence-corrected chi connectivity index (χ4v) is 4.55. The predicted octanol–water partition coefficient (Wildman–Crippen LogP) is 3.77. The molecule has 32 heavy (non-hydrogen) atoms. The Hall–Kier alpha value is -3.13. The second kappa shape index (κ2) is 7.78. The highest BCUT2D eigenvalue weighted by atomic mass is 16.2. The second-order valence-corrected chi connectivity index (χ2v) is 9.05. The van der Waals surface area contributed by atoms with Gasteiger partial charge in [0.15, 0.2) is 5.82 Å². The maximum absolute atomic E-state index is 13.4. The Morgan fingerprint density at radius 2 is 1.97 bits per heavy atom. The molecule has 0 spiro atoms. The van der Waals surface area contributed by atoms with E-state index in [1.165, 1.54) is 0 Å². The van der Waals surface area contributed by atoms with Gasteiger partial charge in [-0.1, -0.05) is 26.8 Å². The van der Waals surface area contributed by atoms with Crippen LogP contribution in [-0.2, 0) is 18.5 Å². The Morgan fingerprint density at radius 1 is 1.19 bits per heavy atom. The molecule has 0 bridgehead atoms. The molecule has 8 heteroatoms. The number of hydrogen-bond acceptors (Lipinski definition) is 6. The van der Waals surface area contributed by atoms with Crippen molar-refractivity contribution in [1.29, 1.82) is 0 Å². The summed E-state index contributed by atoms with van der Waals surface area (Å²) in [5, 5.41) is 8.44. The van der Waals surface area contributed by atoms with Crippen molar-refractivity contribution in [2.75, 3.05) is 4.90 Å². The van der Waals surface area contributed by atoms with Crippen molar-refractivity contribution in [3.05, 3.63) is 53.1 Å². The zero-order chi connectivity index (χ0) is 22.5. The van der Waals surface area contributed by atoms with E-state index in [1.807, 2.05) is 24.3 Å². The molecular weight excluding hydrogens is 402 g/mol. The lowest BCUT2D eigenvalue weighted by molar-refractivity contribution is 0.0996. The quantitative estimate of drug-likeness (QED) is 0.611. The first kappa shape index (κ1) is 20.8. The molecule has 0 unspecified atom stereocenters. The third-order valence-electron chi connectivity index (χ3n) is 6.96. The van der Waals surface area contributed by atoms with Crippen molar-refractivity contribution in [2.45, 2.75) is 71.0 Å². The zero-order valence-corrected chi connectivity index (χ0v) is 18.9. The molecule has 0 aromatic carbocycles. The average molecular weight is 432 g/mol. The number of nitrogens with two attached hydrogens (primary N) is 1. The lowest BCUT2D eigenvalue weighted by Crippen LogP contribution is -2.24. The van der Waals surface area contributed by atoms with E-state index in [4.69, 9.17) is 15.7 Å². The van der Waals surface area contributed by atoms with E-state index in [2.05, 4.69) is 35.5 Å². The molecule has 4 heterocycles. The van der Waals surface area contributed by atoms with Gasteiger partial charge < -0.3 is 10.3 Å². The molecular formula is C24H29N7O. The molecule has 1 aliphatic heterocycles. The van der Waals surface area contributed by atoms with Crippen molar-refractivity contribution in [1.82, 2.24) is 24.7 Å². The van der Waals surface area contributed by atoms with Gasteiger partial charge in [0.05, 0.1) is 12.2 Å². The lowest BCUT2D eigenvalue weighted by atomic mass is 9.99. The average Bonchev–Trinajstić information content (AvgIpc) is 3.24. The third kappa shape index (κ3) is 3.30. The fraction of sp³-hybridized carbons (Fsp3) is 0.458. The van der Waals surface area contributed by atoms with Crippen LogP contribution in [-0.4, -0.2) is 30.6 Å². The number of carbonyl (C=O) groups is 1. The van der Waals surface area contributed by atoms with Gasteiger partial charge >= 0.3 is 0 Å². The van der Waals surface area contributed by atoms with Crippen molar-refractivity contribution < 1.29 is 4.79 Å². The summed E-state index contributed by atoms with van der Waals surface area (Å²) in [6.45, 7) is 7.25. The van der Waals surface area contributed by atoms with Gasteiger partial charge in [-0.25, -0.2) is 4.98 Å². The van der Waals surface area contributed by atoms with Crippen LogP contribution in [0.5, 0.6) is 0 Å². The van der Waals surface area contributed by atoms with Crippen LogP contribution in [0, 0.1) is 0 Å². The molecule has 0 saturated heterocycles. The van der Waals surface area contributed by atoms with E-state index >= 15 is 0 Å². The summed E-state index contributed by atoms with van der Waals surface area (Å²) in [5.41, 5.74) is 10.2. The highest BCUT2D eigenvalue weighted by Crippen LogP contribution is 2.47. The van der Waals surface area contributed by atoms with Crippen LogP contribution in [0.3, 0.4) is 0 Å². The maximum atomic E-state index is 13.4. The Labute approximate surface area is 187 Å². The number of pyridine rings is 2. The van der Waals surface area contributed by atoms with E-state index in [9.17, 15) is 4.79 Å². The minimum absolute atomic E-state index is 0.0475. The third-order valence-corrected chi connectivity index (χ3v) is 6.96. The van der Waals surface area contributed by atoms with Crippen LogP contribution in [0.25, 0.3) is 11.5 Å². The molecule has 166 valence electrons. The molecule has 1 fully saturated rings. The van der Waals surface area contributed by atoms with Gasteiger partial charge in [-0.15, -0.1) is 10.2 Å². The summed E-state index contributed by atoms with van der Waals surface area (Å²) in [5.74, 6) is 1.27. The Morgan fingerprint density at radius 3 is 2.66 bits per heavy atom. The number of aromatic nitrogens is 5. The molecule has 5 rings (SSSR count). The molecule has 2 aliphatic rings. The zero-order valence-electron chi connectivity index (χ0n) is 18.9. The summed E-state index contributed by atoms with van der Waals surface area (Å²) >= 11 is 0. The molecule has 1 saturated carbocycles. The molecule has 2 N–H and O–H groups in total. The molecule has 8 nitrogen and oxygen atoms in total. The molecule has 0 radical (unpaired) electrons. The number of amides is 1. The molecule has 0 atom stereocenters. The smallest absolute Gasteiger partial charge is 0.260 e. The van der Waals surface area contributed by atoms with Crippen LogP contribution in [0.2, 0.25) is 0 Å². The largest absolute Gasteiger partial charge is 0.325 e. The number of hydrogen-bond donors (Lipinski definition) is 1. The first-order chi connectivity index (χ1) is 15.5. The lowest BCUT2D eigenvalue weighted by Gasteiger charge is -2.18. The first-order valence-corrected chi connectivity index (χ1v) is 11.4. The van der Waals surface area contributed by atoms with Crippen molar-refractivity contribution >= 4 is 11.7 Å². The highest BCUT2D eigenvalue weighted by Gasteiger charge is 2.43. The second-order valence-electron chi connectivity index (χ2n) is 9.05. The van der Waals surface area contributed by atoms with Crippen LogP contribution in [0.4, 0.5) is 5.82 Å². The van der Waals surface area contributed by atoms with Gasteiger partial charge in [0.2, 0.25) is 0 Å². The minimum Gasteiger partial charge on any atom is -0.325 e. The number of nitrogens with zero attached hydrogens (tertiary/aromatic N) is 6. The maximum Gasteiger partial charge on any atom is 0.260 e. The Kier molecular flexibility index (Phi) is 5.04. The molecule has 3 aromatic heterocycles. The first-order valence-electron chi connectivity index (χ1n) is 11.4. The number of rotatable bonds is 7. The summed E-state index contributed by atoms with van der Waals surface area (Å²) in [6.07, 6.45) is 5.93. The number of anilines is 1. The number of fused-ring (bicyclic) bond motifs is 1. The van der Waals surface area contributed by atoms with Gasteiger partial charge in [0.1, 0.15) is 17.8 Å². The van der Waals surface area contributed by atoms with Crippen LogP contribution >= 0.6 is 0 Å². The Bertz CT molecular complexity index is 1180. The highest BCUT2D eigenvalue weighted by molar-refractivity contribution is 6.09. The van der Waals surface area contributed by atoms with E-state index in [0.717, 1.165) is 48.5 Å². The van der Waals surface area contributed by atoms with Crippen molar-refractivity contribution in [3.63, 3.8) is 0 Å². The van der Waals surface area contributed by atoms with Crippen LogP contribution in [0.1, 0.15) is 79.8 Å². The molecule has 3 aromatic rings. The summed E-state index contributed by atoms with van der Waals surface area (Å²) < 4.78 is 2.08. The van der Waals surface area contributed by atoms with E-state index in [0.29, 0.717) is 36.2 Å². The minimum atomic E-state index is -0.0475. The topological polar surface area (TPSA) is 103 Å². The van der Waals surface area contributed by atoms with Crippen LogP contribution in [0.15, 0.2) is 30.6 Å². The summed E-state index contributed by atoms with van der Waals surface area (Å²) in [6, 6.07) is 7.97. The Balaban J connectivity index is 1.51. The van der Waals surface area contributed by atoms with Crippen molar-refractivity contribution in [3.8, 4) is 11.5 Å². The predicted molar refractivity (Wildman–Crippen MR) is 122 cm³/mol. The van der Waals surface area contributed by atoms with Gasteiger partial charge in [-0.05, 0) is 43.9 Å². The molecule has 1 aliphatic carbocycles. The van der Waals surface area contributed by atoms with E-state index in [-0.39, 0.29) is 11.3 Å². The van der Waals surface area contributed by atoms with E-state index in [1.54, 1.807) is 11.2 Å². The van der Waals surface area contributed by atoms with Gasteiger partial charge in [0.25, 0.3) is 5.91 Å². The normalized spacial score (nSPS) is 16.7. The number of carbonyl (C=O) groups excluding carboxylic acids is 1. The standard InChI is InChI=1S/C24H29N7O/c1-4-15(5-2)31-14-26-29-22(31)18-7-6-8-21(28-18)30-13-17-16(23(30)32)11-20(24(3)9-10-24)27-19(17)12-25/h6-8,11,14-15H,4-5,9-10,12-13,25H2,1-3H3. The van der Waals surface area contributed by atoms with Crippen molar-refractivity contribution in [2.24, 2.45) is 5.73 Å².